The average molecular weight is 245 g/mol. The van der Waals surface area contributed by atoms with E-state index in [1.54, 1.807) is 0 Å². The van der Waals surface area contributed by atoms with Crippen molar-refractivity contribution in [3.63, 3.8) is 0 Å². The highest BCUT2D eigenvalue weighted by Crippen LogP contribution is 2.07. The highest BCUT2D eigenvalue weighted by molar-refractivity contribution is 5.21. The second-order valence-electron chi connectivity index (χ2n) is 4.48. The predicted molar refractivity (Wildman–Crippen MR) is 70.3 cm³/mol. The van der Waals surface area contributed by atoms with Crippen LogP contribution in [-0.2, 0) is 19.3 Å². The number of aryl methyl sites for hydroxylation is 4. The summed E-state index contributed by atoms with van der Waals surface area (Å²) in [6, 6.07) is 8.53. The van der Waals surface area contributed by atoms with Gasteiger partial charge in [0.2, 0.25) is 5.89 Å². The minimum absolute atomic E-state index is 0.654. The first-order chi connectivity index (χ1) is 8.78. The maximum absolute atomic E-state index is 5.44. The van der Waals surface area contributed by atoms with Crippen LogP contribution >= 0.6 is 0 Å². The fourth-order valence-corrected chi connectivity index (χ4v) is 1.76. The van der Waals surface area contributed by atoms with Gasteiger partial charge in [-0.1, -0.05) is 35.0 Å². The van der Waals surface area contributed by atoms with E-state index in [1.165, 1.54) is 11.1 Å². The topological polar surface area (TPSA) is 64.9 Å². The van der Waals surface area contributed by atoms with Gasteiger partial charge in [0.05, 0.1) is 0 Å². The molecule has 0 radical (unpaired) electrons. The molecular weight excluding hydrogens is 226 g/mol. The van der Waals surface area contributed by atoms with Gasteiger partial charge in [-0.05, 0) is 31.9 Å². The standard InChI is InChI=1S/C14H19N3O/c1-11-4-6-12(7-5-11)8-9-13-16-14(18-17-13)3-2-10-15/h4-7H,2-3,8-10,15H2,1H3. The lowest BCUT2D eigenvalue weighted by Gasteiger charge is -1.98. The van der Waals surface area contributed by atoms with Gasteiger partial charge >= 0.3 is 0 Å². The van der Waals surface area contributed by atoms with Gasteiger partial charge in [0.1, 0.15) is 0 Å². The summed E-state index contributed by atoms with van der Waals surface area (Å²) in [6.07, 6.45) is 3.42. The van der Waals surface area contributed by atoms with Crippen molar-refractivity contribution in [2.24, 2.45) is 5.73 Å². The van der Waals surface area contributed by atoms with Crippen LogP contribution in [0.2, 0.25) is 0 Å². The van der Waals surface area contributed by atoms with Crippen molar-refractivity contribution in [2.75, 3.05) is 6.54 Å². The molecule has 0 fully saturated rings. The SMILES string of the molecule is Cc1ccc(CCc2noc(CCCN)n2)cc1. The van der Waals surface area contributed by atoms with Crippen LogP contribution in [0.1, 0.15) is 29.3 Å². The number of nitrogens with two attached hydrogens (primary N) is 1. The van der Waals surface area contributed by atoms with E-state index in [9.17, 15) is 0 Å². The first-order valence-electron chi connectivity index (χ1n) is 6.35. The van der Waals surface area contributed by atoms with E-state index in [0.717, 1.165) is 31.5 Å². The Morgan fingerprint density at radius 2 is 1.89 bits per heavy atom. The van der Waals surface area contributed by atoms with Crippen LogP contribution in [0.5, 0.6) is 0 Å². The van der Waals surface area contributed by atoms with Gasteiger partial charge in [0, 0.05) is 12.8 Å². The van der Waals surface area contributed by atoms with Gasteiger partial charge < -0.3 is 10.3 Å². The Morgan fingerprint density at radius 1 is 1.11 bits per heavy atom. The lowest BCUT2D eigenvalue weighted by molar-refractivity contribution is 0.371. The number of hydrogen-bond donors (Lipinski definition) is 1. The quantitative estimate of drug-likeness (QED) is 0.846. The predicted octanol–water partition coefficient (Wildman–Crippen LogP) is 2.05. The molecule has 0 atom stereocenters. The molecular formula is C14H19N3O. The summed E-state index contributed by atoms with van der Waals surface area (Å²) < 4.78 is 5.16. The fourth-order valence-electron chi connectivity index (χ4n) is 1.76. The van der Waals surface area contributed by atoms with Crippen LogP contribution in [-0.4, -0.2) is 16.7 Å². The van der Waals surface area contributed by atoms with Gasteiger partial charge in [0.25, 0.3) is 0 Å². The number of nitrogens with zero attached hydrogens (tertiary/aromatic N) is 2. The van der Waals surface area contributed by atoms with Crippen LogP contribution in [0.15, 0.2) is 28.8 Å². The second-order valence-corrected chi connectivity index (χ2v) is 4.48. The molecule has 2 aromatic rings. The number of hydrogen-bond acceptors (Lipinski definition) is 4. The second kappa shape index (κ2) is 6.31. The van der Waals surface area contributed by atoms with Gasteiger partial charge in [-0.3, -0.25) is 0 Å². The zero-order valence-corrected chi connectivity index (χ0v) is 10.7. The molecule has 1 heterocycles. The highest BCUT2D eigenvalue weighted by Gasteiger charge is 2.05. The molecule has 0 aliphatic heterocycles. The summed E-state index contributed by atoms with van der Waals surface area (Å²) in [5.74, 6) is 1.47. The van der Waals surface area contributed by atoms with Crippen molar-refractivity contribution in [1.29, 1.82) is 0 Å². The monoisotopic (exact) mass is 245 g/mol. The lowest BCUT2D eigenvalue weighted by atomic mass is 10.1. The molecule has 0 saturated carbocycles. The summed E-state index contributed by atoms with van der Waals surface area (Å²) in [4.78, 5) is 4.35. The maximum atomic E-state index is 5.44. The van der Waals surface area contributed by atoms with Crippen molar-refractivity contribution < 1.29 is 4.52 Å². The molecule has 1 aromatic carbocycles. The van der Waals surface area contributed by atoms with Gasteiger partial charge in [-0.25, -0.2) is 0 Å². The van der Waals surface area contributed by atoms with E-state index in [-0.39, 0.29) is 0 Å². The Labute approximate surface area is 107 Å². The first-order valence-corrected chi connectivity index (χ1v) is 6.35. The molecule has 0 amide bonds. The van der Waals surface area contributed by atoms with Gasteiger partial charge in [-0.2, -0.15) is 4.98 Å². The average Bonchev–Trinajstić information content (AvgIpc) is 2.84. The third-order valence-electron chi connectivity index (χ3n) is 2.86. The Balaban J connectivity index is 1.86. The molecule has 0 bridgehead atoms. The minimum Gasteiger partial charge on any atom is -0.339 e. The maximum Gasteiger partial charge on any atom is 0.226 e. The Hall–Kier alpha value is -1.68. The van der Waals surface area contributed by atoms with Crippen LogP contribution in [0, 0.1) is 6.92 Å². The third kappa shape index (κ3) is 3.67. The molecule has 0 saturated heterocycles. The largest absolute Gasteiger partial charge is 0.339 e. The van der Waals surface area contributed by atoms with E-state index < -0.39 is 0 Å². The van der Waals surface area contributed by atoms with E-state index in [1.807, 2.05) is 0 Å². The molecule has 0 unspecified atom stereocenters. The molecule has 0 aliphatic carbocycles. The molecule has 2 N–H and O–H groups in total. The highest BCUT2D eigenvalue weighted by atomic mass is 16.5. The zero-order valence-electron chi connectivity index (χ0n) is 10.7. The van der Waals surface area contributed by atoms with Gasteiger partial charge in [0.15, 0.2) is 5.82 Å². The zero-order chi connectivity index (χ0) is 12.8. The first kappa shape index (κ1) is 12.8. The van der Waals surface area contributed by atoms with Crippen LogP contribution in [0.3, 0.4) is 0 Å². The number of rotatable bonds is 6. The molecule has 1 aromatic heterocycles. The Bertz CT molecular complexity index is 476. The summed E-state index contributed by atoms with van der Waals surface area (Å²) in [5.41, 5.74) is 8.02. The van der Waals surface area contributed by atoms with E-state index in [0.29, 0.717) is 12.4 Å². The van der Waals surface area contributed by atoms with Crippen LogP contribution in [0.4, 0.5) is 0 Å². The fraction of sp³-hybridized carbons (Fsp3) is 0.429. The van der Waals surface area contributed by atoms with E-state index in [2.05, 4.69) is 41.3 Å². The lowest BCUT2D eigenvalue weighted by Crippen LogP contribution is -2.00. The van der Waals surface area contributed by atoms with Crippen molar-refractivity contribution >= 4 is 0 Å². The summed E-state index contributed by atoms with van der Waals surface area (Å²) in [7, 11) is 0. The van der Waals surface area contributed by atoms with E-state index in [4.69, 9.17) is 10.3 Å². The van der Waals surface area contributed by atoms with Crippen molar-refractivity contribution in [3.05, 3.63) is 47.1 Å². The summed E-state index contributed by atoms with van der Waals surface area (Å²) >= 11 is 0. The molecule has 18 heavy (non-hydrogen) atoms. The molecule has 96 valence electrons. The van der Waals surface area contributed by atoms with Crippen LogP contribution < -0.4 is 5.73 Å². The Morgan fingerprint density at radius 3 is 2.61 bits per heavy atom. The number of aromatic nitrogens is 2. The number of benzene rings is 1. The van der Waals surface area contributed by atoms with Crippen molar-refractivity contribution in [2.45, 2.75) is 32.6 Å². The summed E-state index contributed by atoms with van der Waals surface area (Å²) in [5, 5.41) is 3.97. The third-order valence-corrected chi connectivity index (χ3v) is 2.86. The van der Waals surface area contributed by atoms with Crippen molar-refractivity contribution in [1.82, 2.24) is 10.1 Å². The minimum atomic E-state index is 0.654. The molecule has 4 heteroatoms. The molecule has 0 aliphatic rings. The molecule has 0 spiro atoms. The Kier molecular flexibility index (Phi) is 4.47. The van der Waals surface area contributed by atoms with Crippen LogP contribution in [0.25, 0.3) is 0 Å². The summed E-state index contributed by atoms with van der Waals surface area (Å²) in [6.45, 7) is 2.74. The van der Waals surface area contributed by atoms with E-state index >= 15 is 0 Å². The smallest absolute Gasteiger partial charge is 0.226 e. The molecule has 4 nitrogen and oxygen atoms in total. The van der Waals surface area contributed by atoms with Gasteiger partial charge in [-0.15, -0.1) is 0 Å². The molecule has 2 rings (SSSR count). The normalized spacial score (nSPS) is 10.8. The van der Waals surface area contributed by atoms with Crippen molar-refractivity contribution in [3.8, 4) is 0 Å².